The van der Waals surface area contributed by atoms with Gasteiger partial charge in [-0.1, -0.05) is 12.1 Å². The lowest BCUT2D eigenvalue weighted by molar-refractivity contribution is -0.141. The van der Waals surface area contributed by atoms with E-state index in [0.29, 0.717) is 0 Å². The summed E-state index contributed by atoms with van der Waals surface area (Å²) in [4.78, 5) is 17.0. The first kappa shape index (κ1) is 18.7. The molecule has 0 saturated carbocycles. The van der Waals surface area contributed by atoms with Gasteiger partial charge < -0.3 is 9.64 Å². The number of aryl methyl sites for hydroxylation is 1. The molecular weight excluding hydrogens is 340 g/mol. The van der Waals surface area contributed by atoms with Gasteiger partial charge in [-0.15, -0.1) is 0 Å². The molecule has 0 atom stereocenters. The van der Waals surface area contributed by atoms with Gasteiger partial charge in [0.25, 0.3) is 5.91 Å². The van der Waals surface area contributed by atoms with Crippen LogP contribution in [0, 0.1) is 12.7 Å². The van der Waals surface area contributed by atoms with Gasteiger partial charge in [0.15, 0.2) is 11.6 Å². The van der Waals surface area contributed by atoms with Crippen LogP contribution in [0.1, 0.15) is 21.7 Å². The number of rotatable bonds is 5. The fourth-order valence-corrected chi connectivity index (χ4v) is 2.11. The molecule has 0 N–H and O–H groups in total. The van der Waals surface area contributed by atoms with E-state index in [1.54, 1.807) is 6.07 Å². The molecule has 2 aromatic rings. The van der Waals surface area contributed by atoms with E-state index in [0.717, 1.165) is 12.1 Å². The lowest BCUT2D eigenvalue weighted by atomic mass is 10.1. The molecule has 0 aliphatic carbocycles. The molecule has 0 unspecified atom stereocenters. The zero-order valence-electron chi connectivity index (χ0n) is 13.6. The smallest absolute Gasteiger partial charge is 0.433 e. The number of hydrogen-bond donors (Lipinski definition) is 0. The van der Waals surface area contributed by atoms with Crippen molar-refractivity contribution in [3.8, 4) is 5.75 Å². The Morgan fingerprint density at radius 1 is 1.20 bits per heavy atom. The van der Waals surface area contributed by atoms with Crippen LogP contribution in [0.4, 0.5) is 17.6 Å². The molecule has 25 heavy (non-hydrogen) atoms. The zero-order valence-corrected chi connectivity index (χ0v) is 13.6. The standard InChI is InChI=1S/C17H16F4N2O2/c1-11-12(7-8-15(22-11)17(19,20)21)16(24)23(2)9-10-25-14-6-4-3-5-13(14)18/h3-8H,9-10H2,1-2H3. The van der Waals surface area contributed by atoms with Crippen LogP contribution in [0.2, 0.25) is 0 Å². The molecule has 0 radical (unpaired) electrons. The number of ether oxygens (including phenoxy) is 1. The maximum absolute atomic E-state index is 13.4. The fourth-order valence-electron chi connectivity index (χ4n) is 2.11. The molecule has 134 valence electrons. The predicted octanol–water partition coefficient (Wildman–Crippen LogP) is 3.70. The van der Waals surface area contributed by atoms with Crippen LogP contribution in [0.25, 0.3) is 0 Å². The Labute approximate surface area is 142 Å². The summed E-state index contributed by atoms with van der Waals surface area (Å²) in [5.41, 5.74) is -0.991. The van der Waals surface area contributed by atoms with Crippen molar-refractivity contribution in [2.75, 3.05) is 20.2 Å². The number of pyridine rings is 1. The highest BCUT2D eigenvalue weighted by Gasteiger charge is 2.33. The summed E-state index contributed by atoms with van der Waals surface area (Å²) in [6.07, 6.45) is -4.56. The van der Waals surface area contributed by atoms with Gasteiger partial charge in [-0.2, -0.15) is 13.2 Å². The van der Waals surface area contributed by atoms with E-state index in [4.69, 9.17) is 4.74 Å². The lowest BCUT2D eigenvalue weighted by Crippen LogP contribution is -2.31. The predicted molar refractivity (Wildman–Crippen MR) is 82.8 cm³/mol. The number of halogens is 4. The van der Waals surface area contributed by atoms with Gasteiger partial charge in [-0.05, 0) is 31.2 Å². The molecule has 4 nitrogen and oxygen atoms in total. The van der Waals surface area contributed by atoms with Crippen molar-refractivity contribution in [1.82, 2.24) is 9.88 Å². The number of amides is 1. The highest BCUT2D eigenvalue weighted by molar-refractivity contribution is 5.95. The van der Waals surface area contributed by atoms with Crippen molar-refractivity contribution in [2.24, 2.45) is 0 Å². The van der Waals surface area contributed by atoms with Gasteiger partial charge in [-0.3, -0.25) is 4.79 Å². The SMILES string of the molecule is Cc1nc(C(F)(F)F)ccc1C(=O)N(C)CCOc1ccccc1F. The largest absolute Gasteiger partial charge is 0.489 e. The van der Waals surface area contributed by atoms with Crippen LogP contribution in [-0.2, 0) is 6.18 Å². The number of nitrogens with zero attached hydrogens (tertiary/aromatic N) is 2. The second kappa shape index (κ2) is 7.50. The first-order valence-electron chi connectivity index (χ1n) is 7.38. The van der Waals surface area contributed by atoms with Crippen LogP contribution in [-0.4, -0.2) is 36.0 Å². The topological polar surface area (TPSA) is 42.4 Å². The van der Waals surface area contributed by atoms with Crippen molar-refractivity contribution in [3.63, 3.8) is 0 Å². The van der Waals surface area contributed by atoms with E-state index >= 15 is 0 Å². The molecule has 1 amide bonds. The maximum Gasteiger partial charge on any atom is 0.433 e. The molecule has 8 heteroatoms. The molecule has 2 rings (SSSR count). The number of benzene rings is 1. The summed E-state index contributed by atoms with van der Waals surface area (Å²) in [7, 11) is 1.48. The Morgan fingerprint density at radius 3 is 2.48 bits per heavy atom. The number of likely N-dealkylation sites (N-methyl/N-ethyl adjacent to an activating group) is 1. The second-order valence-electron chi connectivity index (χ2n) is 5.33. The minimum atomic E-state index is -4.56. The minimum Gasteiger partial charge on any atom is -0.489 e. The van der Waals surface area contributed by atoms with Gasteiger partial charge in [0.1, 0.15) is 12.3 Å². The van der Waals surface area contributed by atoms with E-state index < -0.39 is 23.6 Å². The van der Waals surface area contributed by atoms with E-state index in [2.05, 4.69) is 4.98 Å². The van der Waals surface area contributed by atoms with Gasteiger partial charge in [0, 0.05) is 7.05 Å². The van der Waals surface area contributed by atoms with Crippen molar-refractivity contribution in [3.05, 3.63) is 59.2 Å². The van der Waals surface area contributed by atoms with Gasteiger partial charge in [0.05, 0.1) is 17.8 Å². The highest BCUT2D eigenvalue weighted by Crippen LogP contribution is 2.28. The number of carbonyl (C=O) groups is 1. The summed E-state index contributed by atoms with van der Waals surface area (Å²) in [6.45, 7) is 1.51. The zero-order chi connectivity index (χ0) is 18.6. The first-order chi connectivity index (χ1) is 11.7. The summed E-state index contributed by atoms with van der Waals surface area (Å²) in [5.74, 6) is -0.939. The van der Waals surface area contributed by atoms with E-state index in [1.807, 2.05) is 0 Å². The third kappa shape index (κ3) is 4.68. The average molecular weight is 356 g/mol. The van der Waals surface area contributed by atoms with Crippen molar-refractivity contribution >= 4 is 5.91 Å². The molecule has 0 spiro atoms. The van der Waals surface area contributed by atoms with Gasteiger partial charge in [-0.25, -0.2) is 9.37 Å². The average Bonchev–Trinajstić information content (AvgIpc) is 2.55. The Kier molecular flexibility index (Phi) is 5.61. The van der Waals surface area contributed by atoms with Gasteiger partial charge in [0.2, 0.25) is 0 Å². The molecule has 1 aromatic carbocycles. The van der Waals surface area contributed by atoms with Crippen LogP contribution in [0.5, 0.6) is 5.75 Å². The Bertz CT molecular complexity index is 763. The normalized spacial score (nSPS) is 11.3. The molecule has 1 heterocycles. The monoisotopic (exact) mass is 356 g/mol. The van der Waals surface area contributed by atoms with Crippen LogP contribution < -0.4 is 4.74 Å². The summed E-state index contributed by atoms with van der Waals surface area (Å²) >= 11 is 0. The van der Waals surface area contributed by atoms with E-state index in [9.17, 15) is 22.4 Å². The summed E-state index contributed by atoms with van der Waals surface area (Å²) in [6, 6.07) is 7.72. The fraction of sp³-hybridized carbons (Fsp3) is 0.294. The highest BCUT2D eigenvalue weighted by atomic mass is 19.4. The van der Waals surface area contributed by atoms with E-state index in [1.165, 1.54) is 37.1 Å². The first-order valence-corrected chi connectivity index (χ1v) is 7.38. The lowest BCUT2D eigenvalue weighted by Gasteiger charge is -2.19. The number of hydrogen-bond acceptors (Lipinski definition) is 3. The van der Waals surface area contributed by atoms with Crippen molar-refractivity contribution in [2.45, 2.75) is 13.1 Å². The number of para-hydroxylation sites is 1. The summed E-state index contributed by atoms with van der Waals surface area (Å²) < 4.78 is 56.5. The van der Waals surface area contributed by atoms with Crippen molar-refractivity contribution < 1.29 is 27.1 Å². The Balaban J connectivity index is 1.99. The molecule has 1 aromatic heterocycles. The van der Waals surface area contributed by atoms with Crippen LogP contribution >= 0.6 is 0 Å². The quantitative estimate of drug-likeness (QED) is 0.768. The number of carbonyl (C=O) groups excluding carboxylic acids is 1. The third-order valence-corrected chi connectivity index (χ3v) is 3.47. The molecular formula is C17H16F4N2O2. The molecule has 0 bridgehead atoms. The van der Waals surface area contributed by atoms with Crippen molar-refractivity contribution in [1.29, 1.82) is 0 Å². The molecule has 0 aliphatic heterocycles. The molecule has 0 fully saturated rings. The number of aromatic nitrogens is 1. The number of alkyl halides is 3. The van der Waals surface area contributed by atoms with Gasteiger partial charge >= 0.3 is 6.18 Å². The molecule has 0 saturated heterocycles. The summed E-state index contributed by atoms with van der Waals surface area (Å²) in [5, 5.41) is 0. The Hall–Kier alpha value is -2.64. The van der Waals surface area contributed by atoms with Crippen LogP contribution in [0.15, 0.2) is 36.4 Å². The van der Waals surface area contributed by atoms with Crippen LogP contribution in [0.3, 0.4) is 0 Å². The second-order valence-corrected chi connectivity index (χ2v) is 5.33. The van der Waals surface area contributed by atoms with E-state index in [-0.39, 0.29) is 30.2 Å². The minimum absolute atomic E-state index is 0.0123. The third-order valence-electron chi connectivity index (χ3n) is 3.47. The maximum atomic E-state index is 13.4. The molecule has 0 aliphatic rings. The Morgan fingerprint density at radius 2 is 1.88 bits per heavy atom.